The summed E-state index contributed by atoms with van der Waals surface area (Å²) in [7, 11) is 2.97. The SMILES string of the molecule is COCCN(CC(=O)O)C(=O)N(C)c1ccccc1C#N. The number of methoxy groups -OCH3 is 1. The van der Waals surface area contributed by atoms with Crippen LogP contribution in [0.2, 0.25) is 0 Å². The molecule has 1 N–H and O–H groups in total. The molecule has 21 heavy (non-hydrogen) atoms. The smallest absolute Gasteiger partial charge is 0.324 e. The number of nitrogens with zero attached hydrogens (tertiary/aromatic N) is 3. The quantitative estimate of drug-likeness (QED) is 0.848. The Morgan fingerprint density at radius 1 is 1.38 bits per heavy atom. The molecule has 0 heterocycles. The summed E-state index contributed by atoms with van der Waals surface area (Å²) in [6.45, 7) is -0.0469. The highest BCUT2D eigenvalue weighted by atomic mass is 16.5. The summed E-state index contributed by atoms with van der Waals surface area (Å²) in [5.41, 5.74) is 0.771. The second kappa shape index (κ2) is 7.87. The number of carbonyl (C=O) groups excluding carboxylic acids is 1. The molecule has 0 aromatic heterocycles. The van der Waals surface area contributed by atoms with Gasteiger partial charge in [-0.05, 0) is 12.1 Å². The van der Waals surface area contributed by atoms with Gasteiger partial charge in [-0.15, -0.1) is 0 Å². The number of ether oxygens (including phenoxy) is 1. The van der Waals surface area contributed by atoms with Crippen molar-refractivity contribution in [3.05, 3.63) is 29.8 Å². The highest BCUT2D eigenvalue weighted by Gasteiger charge is 2.22. The van der Waals surface area contributed by atoms with E-state index in [1.807, 2.05) is 6.07 Å². The average Bonchev–Trinajstić information content (AvgIpc) is 2.49. The van der Waals surface area contributed by atoms with Gasteiger partial charge in [0.05, 0.1) is 17.9 Å². The predicted molar refractivity (Wildman–Crippen MR) is 76.0 cm³/mol. The van der Waals surface area contributed by atoms with Crippen molar-refractivity contribution in [1.82, 2.24) is 4.90 Å². The van der Waals surface area contributed by atoms with E-state index in [4.69, 9.17) is 15.1 Å². The Kier molecular flexibility index (Phi) is 6.17. The van der Waals surface area contributed by atoms with Crippen LogP contribution in [-0.4, -0.2) is 55.9 Å². The van der Waals surface area contributed by atoms with Crippen LogP contribution in [0.25, 0.3) is 0 Å². The van der Waals surface area contributed by atoms with Crippen molar-refractivity contribution in [3.8, 4) is 6.07 Å². The highest BCUT2D eigenvalue weighted by molar-refractivity contribution is 5.94. The Balaban J connectivity index is 2.96. The summed E-state index contributed by atoms with van der Waals surface area (Å²) < 4.78 is 4.88. The van der Waals surface area contributed by atoms with Crippen LogP contribution in [0.5, 0.6) is 0 Å². The number of carboxylic acids is 1. The molecular weight excluding hydrogens is 274 g/mol. The van der Waals surface area contributed by atoms with Gasteiger partial charge in [-0.1, -0.05) is 12.1 Å². The molecule has 1 rings (SSSR count). The van der Waals surface area contributed by atoms with E-state index < -0.39 is 18.5 Å². The van der Waals surface area contributed by atoms with Gasteiger partial charge in [0.25, 0.3) is 0 Å². The number of urea groups is 1. The maximum atomic E-state index is 12.4. The van der Waals surface area contributed by atoms with Crippen LogP contribution < -0.4 is 4.90 Å². The van der Waals surface area contributed by atoms with Crippen LogP contribution in [0.15, 0.2) is 24.3 Å². The topological polar surface area (TPSA) is 93.9 Å². The van der Waals surface area contributed by atoms with Gasteiger partial charge in [0, 0.05) is 20.7 Å². The summed E-state index contributed by atoms with van der Waals surface area (Å²) in [4.78, 5) is 25.6. The predicted octanol–water partition coefficient (Wildman–Crippen LogP) is 1.15. The third-order valence-electron chi connectivity index (χ3n) is 2.83. The van der Waals surface area contributed by atoms with Crippen molar-refractivity contribution in [2.24, 2.45) is 0 Å². The lowest BCUT2D eigenvalue weighted by Crippen LogP contribution is -2.45. The summed E-state index contributed by atoms with van der Waals surface area (Å²) in [6, 6.07) is 8.12. The molecule has 0 atom stereocenters. The molecule has 7 nitrogen and oxygen atoms in total. The van der Waals surface area contributed by atoms with Gasteiger partial charge >= 0.3 is 12.0 Å². The van der Waals surface area contributed by atoms with Crippen molar-refractivity contribution in [2.45, 2.75) is 0 Å². The molecule has 0 bridgehead atoms. The number of amides is 2. The molecule has 0 radical (unpaired) electrons. The van der Waals surface area contributed by atoms with Gasteiger partial charge in [-0.25, -0.2) is 4.79 Å². The Hall–Kier alpha value is -2.59. The highest BCUT2D eigenvalue weighted by Crippen LogP contribution is 2.19. The van der Waals surface area contributed by atoms with Crippen molar-refractivity contribution in [3.63, 3.8) is 0 Å². The molecule has 0 fully saturated rings. The number of hydrogen-bond donors (Lipinski definition) is 1. The number of aliphatic carboxylic acids is 1. The van der Waals surface area contributed by atoms with Gasteiger partial charge in [-0.2, -0.15) is 5.26 Å². The van der Waals surface area contributed by atoms with Gasteiger partial charge in [-0.3, -0.25) is 9.69 Å². The van der Waals surface area contributed by atoms with Crippen molar-refractivity contribution >= 4 is 17.7 Å². The number of hydrogen-bond acceptors (Lipinski definition) is 4. The van der Waals surface area contributed by atoms with E-state index in [9.17, 15) is 9.59 Å². The van der Waals surface area contributed by atoms with Gasteiger partial charge in [0.1, 0.15) is 12.6 Å². The normalized spacial score (nSPS) is 9.76. The first kappa shape index (κ1) is 16.5. The fraction of sp³-hybridized carbons (Fsp3) is 0.357. The molecule has 112 valence electrons. The second-order valence-corrected chi connectivity index (χ2v) is 4.28. The molecule has 0 aliphatic carbocycles. The Morgan fingerprint density at radius 2 is 2.05 bits per heavy atom. The monoisotopic (exact) mass is 291 g/mol. The molecule has 7 heteroatoms. The molecule has 0 spiro atoms. The van der Waals surface area contributed by atoms with Gasteiger partial charge < -0.3 is 14.7 Å². The van der Waals surface area contributed by atoms with E-state index in [-0.39, 0.29) is 13.2 Å². The molecular formula is C14H17N3O4. The van der Waals surface area contributed by atoms with E-state index in [1.54, 1.807) is 24.3 Å². The third kappa shape index (κ3) is 4.47. The fourth-order valence-corrected chi connectivity index (χ4v) is 1.78. The first-order valence-corrected chi connectivity index (χ1v) is 6.23. The molecule has 2 amide bonds. The molecule has 0 saturated heterocycles. The van der Waals surface area contributed by atoms with Gasteiger partial charge in [0.2, 0.25) is 0 Å². The molecule has 0 aliphatic heterocycles. The first-order valence-electron chi connectivity index (χ1n) is 6.23. The van der Waals surface area contributed by atoms with Crippen LogP contribution in [0.3, 0.4) is 0 Å². The largest absolute Gasteiger partial charge is 0.480 e. The summed E-state index contributed by atoms with van der Waals surface area (Å²) in [6.07, 6.45) is 0. The van der Waals surface area contributed by atoms with Crippen molar-refractivity contribution in [2.75, 3.05) is 38.8 Å². The number of carbonyl (C=O) groups is 2. The zero-order chi connectivity index (χ0) is 15.8. The van der Waals surface area contributed by atoms with E-state index >= 15 is 0 Å². The van der Waals surface area contributed by atoms with Crippen molar-refractivity contribution in [1.29, 1.82) is 5.26 Å². The van der Waals surface area contributed by atoms with Crippen LogP contribution in [-0.2, 0) is 9.53 Å². The number of carboxylic acid groups (broad SMARTS) is 1. The number of rotatable bonds is 6. The summed E-state index contributed by atoms with van der Waals surface area (Å²) >= 11 is 0. The lowest BCUT2D eigenvalue weighted by molar-refractivity contribution is -0.137. The number of anilines is 1. The minimum atomic E-state index is -1.11. The third-order valence-corrected chi connectivity index (χ3v) is 2.83. The lowest BCUT2D eigenvalue weighted by Gasteiger charge is -2.27. The Labute approximate surface area is 122 Å². The number of para-hydroxylation sites is 1. The number of nitriles is 1. The van der Waals surface area contributed by atoms with Crippen LogP contribution >= 0.6 is 0 Å². The van der Waals surface area contributed by atoms with E-state index in [2.05, 4.69) is 0 Å². The minimum absolute atomic E-state index is 0.153. The Bertz CT molecular complexity index is 553. The standard InChI is InChI=1S/C14H17N3O4/c1-16(12-6-4-3-5-11(12)9-15)14(20)17(7-8-21-2)10-13(18)19/h3-6H,7-8,10H2,1-2H3,(H,18,19). The number of benzene rings is 1. The maximum Gasteiger partial charge on any atom is 0.324 e. The zero-order valence-electron chi connectivity index (χ0n) is 11.9. The maximum absolute atomic E-state index is 12.4. The summed E-state index contributed by atoms with van der Waals surface area (Å²) in [5.74, 6) is -1.11. The Morgan fingerprint density at radius 3 is 2.62 bits per heavy atom. The van der Waals surface area contributed by atoms with Crippen LogP contribution in [0, 0.1) is 11.3 Å². The summed E-state index contributed by atoms with van der Waals surface area (Å²) in [5, 5.41) is 17.9. The van der Waals surface area contributed by atoms with Crippen LogP contribution in [0.4, 0.5) is 10.5 Å². The molecule has 1 aromatic rings. The van der Waals surface area contributed by atoms with Crippen molar-refractivity contribution < 1.29 is 19.4 Å². The van der Waals surface area contributed by atoms with Gasteiger partial charge in [0.15, 0.2) is 0 Å². The molecule has 1 aromatic carbocycles. The minimum Gasteiger partial charge on any atom is -0.480 e. The van der Waals surface area contributed by atoms with E-state index in [0.29, 0.717) is 11.3 Å². The zero-order valence-corrected chi connectivity index (χ0v) is 11.9. The molecule has 0 unspecified atom stereocenters. The fourth-order valence-electron chi connectivity index (χ4n) is 1.78. The molecule has 0 saturated carbocycles. The average molecular weight is 291 g/mol. The second-order valence-electron chi connectivity index (χ2n) is 4.28. The van der Waals surface area contributed by atoms with Crippen LogP contribution in [0.1, 0.15) is 5.56 Å². The van der Waals surface area contributed by atoms with E-state index in [0.717, 1.165) is 4.90 Å². The lowest BCUT2D eigenvalue weighted by atomic mass is 10.2. The van der Waals surface area contributed by atoms with E-state index in [1.165, 1.54) is 19.1 Å². The molecule has 0 aliphatic rings. The first-order chi connectivity index (χ1) is 10.0.